The molecule has 0 aliphatic heterocycles. The van der Waals surface area contributed by atoms with Gasteiger partial charge in [-0.25, -0.2) is 4.98 Å². The lowest BCUT2D eigenvalue weighted by atomic mass is 10.2. The molecule has 0 saturated heterocycles. The van der Waals surface area contributed by atoms with Crippen molar-refractivity contribution >= 4 is 61.5 Å². The van der Waals surface area contributed by atoms with Crippen LogP contribution in [-0.4, -0.2) is 22.6 Å². The van der Waals surface area contributed by atoms with Crippen LogP contribution in [0.2, 0.25) is 5.02 Å². The summed E-state index contributed by atoms with van der Waals surface area (Å²) in [4.78, 5) is 16.8. The summed E-state index contributed by atoms with van der Waals surface area (Å²) in [5.74, 6) is 0.350. The van der Waals surface area contributed by atoms with E-state index in [0.29, 0.717) is 33.6 Å². The predicted octanol–water partition coefficient (Wildman–Crippen LogP) is 5.26. The fourth-order valence-electron chi connectivity index (χ4n) is 2.33. The Morgan fingerprint density at radius 1 is 1.30 bits per heavy atom. The number of anilines is 1. The zero-order valence-electron chi connectivity index (χ0n) is 14.6. The van der Waals surface area contributed by atoms with Crippen LogP contribution in [0.25, 0.3) is 10.2 Å². The summed E-state index contributed by atoms with van der Waals surface area (Å²) in [6.07, 6.45) is 2.02. The highest BCUT2D eigenvalue weighted by molar-refractivity contribution is 7.80. The van der Waals surface area contributed by atoms with Crippen LogP contribution in [0, 0.1) is 0 Å². The van der Waals surface area contributed by atoms with Crippen molar-refractivity contribution in [2.75, 3.05) is 11.9 Å². The highest BCUT2D eigenvalue weighted by Crippen LogP contribution is 2.30. The number of para-hydroxylation sites is 1. The zero-order chi connectivity index (χ0) is 19.2. The van der Waals surface area contributed by atoms with Gasteiger partial charge in [0.1, 0.15) is 11.3 Å². The van der Waals surface area contributed by atoms with Crippen molar-refractivity contribution in [3.05, 3.63) is 53.1 Å². The van der Waals surface area contributed by atoms with E-state index in [4.69, 9.17) is 28.6 Å². The van der Waals surface area contributed by atoms with Gasteiger partial charge in [-0.15, -0.1) is 0 Å². The van der Waals surface area contributed by atoms with Crippen LogP contribution in [0.15, 0.2) is 42.5 Å². The van der Waals surface area contributed by atoms with Crippen LogP contribution in [0.1, 0.15) is 30.1 Å². The Balaban J connectivity index is 1.62. The molecule has 0 radical (unpaired) electrons. The topological polar surface area (TPSA) is 63.2 Å². The number of fused-ring (bicyclic) bond motifs is 1. The number of hydrogen-bond donors (Lipinski definition) is 2. The SMILES string of the molecule is CCCCOc1cccc(C(=O)NC(=S)Nc2nc3c(Cl)cccc3s2)c1. The number of aromatic nitrogens is 1. The number of rotatable bonds is 6. The van der Waals surface area contributed by atoms with Crippen molar-refractivity contribution in [1.29, 1.82) is 0 Å². The minimum Gasteiger partial charge on any atom is -0.494 e. The second kappa shape index (κ2) is 9.12. The first-order valence-corrected chi connectivity index (χ1v) is 10.1. The molecule has 140 valence electrons. The fourth-order valence-corrected chi connectivity index (χ4v) is 3.76. The molecule has 3 rings (SSSR count). The van der Waals surface area contributed by atoms with Crippen molar-refractivity contribution < 1.29 is 9.53 Å². The summed E-state index contributed by atoms with van der Waals surface area (Å²) in [6.45, 7) is 2.72. The summed E-state index contributed by atoms with van der Waals surface area (Å²) >= 11 is 12.8. The van der Waals surface area contributed by atoms with E-state index in [1.54, 1.807) is 24.3 Å². The van der Waals surface area contributed by atoms with Crippen LogP contribution < -0.4 is 15.4 Å². The number of hydrogen-bond acceptors (Lipinski definition) is 5. The number of halogens is 1. The van der Waals surface area contributed by atoms with Crippen LogP contribution in [-0.2, 0) is 0 Å². The Morgan fingerprint density at radius 2 is 2.11 bits per heavy atom. The highest BCUT2D eigenvalue weighted by Gasteiger charge is 2.12. The van der Waals surface area contributed by atoms with Crippen molar-refractivity contribution in [3.63, 3.8) is 0 Å². The smallest absolute Gasteiger partial charge is 0.257 e. The van der Waals surface area contributed by atoms with E-state index in [1.807, 2.05) is 18.2 Å². The van der Waals surface area contributed by atoms with Crippen molar-refractivity contribution in [2.45, 2.75) is 19.8 Å². The van der Waals surface area contributed by atoms with Gasteiger partial charge in [0.25, 0.3) is 5.91 Å². The molecule has 0 fully saturated rings. The number of ether oxygens (including phenoxy) is 1. The molecule has 0 unspecified atom stereocenters. The Labute approximate surface area is 171 Å². The minimum absolute atomic E-state index is 0.174. The lowest BCUT2D eigenvalue weighted by molar-refractivity contribution is 0.0977. The van der Waals surface area contributed by atoms with Crippen LogP contribution in [0.4, 0.5) is 5.13 Å². The first kappa shape index (κ1) is 19.5. The molecule has 1 aromatic heterocycles. The highest BCUT2D eigenvalue weighted by atomic mass is 35.5. The largest absolute Gasteiger partial charge is 0.494 e. The fraction of sp³-hybridized carbons (Fsp3) is 0.211. The first-order valence-electron chi connectivity index (χ1n) is 8.47. The zero-order valence-corrected chi connectivity index (χ0v) is 17.0. The van der Waals surface area contributed by atoms with E-state index < -0.39 is 0 Å². The maximum atomic E-state index is 12.4. The molecule has 2 N–H and O–H groups in total. The number of benzene rings is 2. The molecule has 3 aromatic rings. The molecule has 0 bridgehead atoms. The number of nitrogens with one attached hydrogen (secondary N) is 2. The van der Waals surface area contributed by atoms with Gasteiger partial charge >= 0.3 is 0 Å². The summed E-state index contributed by atoms with van der Waals surface area (Å²) in [5, 5.41) is 6.91. The molecule has 0 spiro atoms. The molecule has 1 heterocycles. The molecule has 0 aliphatic rings. The Kier molecular flexibility index (Phi) is 6.60. The predicted molar refractivity (Wildman–Crippen MR) is 115 cm³/mol. The molecular formula is C19H18ClN3O2S2. The summed E-state index contributed by atoms with van der Waals surface area (Å²) in [6, 6.07) is 12.6. The van der Waals surface area contributed by atoms with Crippen molar-refractivity contribution in [1.82, 2.24) is 10.3 Å². The van der Waals surface area contributed by atoms with Crippen molar-refractivity contribution in [2.24, 2.45) is 0 Å². The van der Waals surface area contributed by atoms with Gasteiger partial charge in [-0.3, -0.25) is 10.1 Å². The van der Waals surface area contributed by atoms with Crippen LogP contribution >= 0.6 is 35.2 Å². The van der Waals surface area contributed by atoms with Gasteiger partial charge in [0.15, 0.2) is 10.2 Å². The number of nitrogens with zero attached hydrogens (tertiary/aromatic N) is 1. The van der Waals surface area contributed by atoms with E-state index in [0.717, 1.165) is 17.5 Å². The third-order valence-electron chi connectivity index (χ3n) is 3.68. The molecule has 0 saturated carbocycles. The maximum Gasteiger partial charge on any atom is 0.257 e. The molecule has 1 amide bonds. The van der Waals surface area contributed by atoms with E-state index in [2.05, 4.69) is 22.5 Å². The number of thiocarbonyl (C=S) groups is 1. The third-order valence-corrected chi connectivity index (χ3v) is 5.13. The Bertz CT molecular complexity index is 974. The number of thiazole rings is 1. The number of carbonyl (C=O) groups is 1. The molecule has 0 atom stereocenters. The minimum atomic E-state index is -0.312. The summed E-state index contributed by atoms with van der Waals surface area (Å²) < 4.78 is 6.57. The second-order valence-electron chi connectivity index (χ2n) is 5.74. The van der Waals surface area contributed by atoms with Gasteiger partial charge in [0.2, 0.25) is 0 Å². The number of amides is 1. The lowest BCUT2D eigenvalue weighted by Crippen LogP contribution is -2.34. The average molecular weight is 420 g/mol. The normalized spacial score (nSPS) is 10.6. The lowest BCUT2D eigenvalue weighted by Gasteiger charge is -2.09. The molecule has 5 nitrogen and oxygen atoms in total. The van der Waals surface area contributed by atoms with Gasteiger partial charge in [0.05, 0.1) is 16.3 Å². The van der Waals surface area contributed by atoms with Gasteiger partial charge in [-0.05, 0) is 49.0 Å². The standard InChI is InChI=1S/C19H18ClN3O2S2/c1-2-3-10-25-13-7-4-6-12(11-13)17(24)22-18(26)23-19-21-16-14(20)8-5-9-15(16)27-19/h4-9,11H,2-3,10H2,1H3,(H2,21,22,23,24,26). The molecular weight excluding hydrogens is 402 g/mol. The van der Waals surface area contributed by atoms with E-state index in [9.17, 15) is 4.79 Å². The van der Waals surface area contributed by atoms with E-state index in [1.165, 1.54) is 11.3 Å². The quantitative estimate of drug-likeness (QED) is 0.421. The maximum absolute atomic E-state index is 12.4. The Hall–Kier alpha value is -2.22. The van der Waals surface area contributed by atoms with E-state index >= 15 is 0 Å². The van der Waals surface area contributed by atoms with Gasteiger partial charge in [-0.1, -0.05) is 48.4 Å². The molecule has 27 heavy (non-hydrogen) atoms. The van der Waals surface area contributed by atoms with Gasteiger partial charge < -0.3 is 10.1 Å². The number of unbranched alkanes of at least 4 members (excludes halogenated alkanes) is 1. The van der Waals surface area contributed by atoms with Gasteiger partial charge in [-0.2, -0.15) is 0 Å². The van der Waals surface area contributed by atoms with E-state index in [-0.39, 0.29) is 11.0 Å². The van der Waals surface area contributed by atoms with Gasteiger partial charge in [0, 0.05) is 5.56 Å². The van der Waals surface area contributed by atoms with Crippen LogP contribution in [0.3, 0.4) is 0 Å². The molecule has 2 aromatic carbocycles. The second-order valence-corrected chi connectivity index (χ2v) is 7.59. The average Bonchev–Trinajstić information content (AvgIpc) is 3.06. The summed E-state index contributed by atoms with van der Waals surface area (Å²) in [7, 11) is 0. The molecule has 8 heteroatoms. The first-order chi connectivity index (χ1) is 13.1. The Morgan fingerprint density at radius 3 is 2.89 bits per heavy atom. The third kappa shape index (κ3) is 5.15. The molecule has 0 aliphatic carbocycles. The summed E-state index contributed by atoms with van der Waals surface area (Å²) in [5.41, 5.74) is 1.18. The monoisotopic (exact) mass is 419 g/mol. The number of carbonyl (C=O) groups excluding carboxylic acids is 1. The van der Waals surface area contributed by atoms with Crippen molar-refractivity contribution in [3.8, 4) is 5.75 Å². The van der Waals surface area contributed by atoms with Crippen LogP contribution in [0.5, 0.6) is 5.75 Å².